The van der Waals surface area contributed by atoms with Gasteiger partial charge in [-0.3, -0.25) is 9.59 Å². The summed E-state index contributed by atoms with van der Waals surface area (Å²) in [6.45, 7) is 2.42. The Balaban J connectivity index is 1.92. The molecule has 1 aliphatic rings. The van der Waals surface area contributed by atoms with Gasteiger partial charge in [-0.15, -0.1) is 0 Å². The van der Waals surface area contributed by atoms with Crippen molar-refractivity contribution < 1.29 is 19.8 Å². The molecule has 1 heterocycles. The van der Waals surface area contributed by atoms with Crippen molar-refractivity contribution in [1.82, 2.24) is 0 Å². The van der Waals surface area contributed by atoms with E-state index >= 15 is 0 Å². The molecule has 3 aromatic carbocycles. The first kappa shape index (κ1) is 19.1. The van der Waals surface area contributed by atoms with Crippen LogP contribution < -0.4 is 9.80 Å². The lowest BCUT2D eigenvalue weighted by Crippen LogP contribution is -2.41. The van der Waals surface area contributed by atoms with Crippen LogP contribution in [0.4, 0.5) is 11.4 Å². The van der Waals surface area contributed by atoms with Crippen LogP contribution in [0.25, 0.3) is 10.8 Å². The van der Waals surface area contributed by atoms with Gasteiger partial charge >= 0.3 is 0 Å². The lowest BCUT2D eigenvalue weighted by molar-refractivity contribution is 0.0893. The second kappa shape index (κ2) is 7.66. The number of para-hydroxylation sites is 1. The molecule has 2 amide bonds. The zero-order chi connectivity index (χ0) is 20.5. The highest BCUT2D eigenvalue weighted by Crippen LogP contribution is 2.38. The normalized spacial score (nSPS) is 13.3. The van der Waals surface area contributed by atoms with E-state index in [1.807, 2.05) is 42.2 Å². The van der Waals surface area contributed by atoms with E-state index in [1.54, 1.807) is 24.3 Å². The van der Waals surface area contributed by atoms with Gasteiger partial charge in [0.25, 0.3) is 11.8 Å². The van der Waals surface area contributed by atoms with Crippen LogP contribution in [0.3, 0.4) is 0 Å². The Morgan fingerprint density at radius 3 is 2.14 bits per heavy atom. The fraction of sp³-hybridized carbons (Fsp3) is 0.217. The molecule has 0 saturated carbocycles. The molecule has 0 saturated heterocycles. The van der Waals surface area contributed by atoms with Crippen LogP contribution in [0.1, 0.15) is 26.3 Å². The van der Waals surface area contributed by atoms with Crippen LogP contribution in [0.5, 0.6) is 0 Å². The van der Waals surface area contributed by atoms with Crippen molar-refractivity contribution >= 4 is 34.0 Å². The highest BCUT2D eigenvalue weighted by atomic mass is 16.3. The third kappa shape index (κ3) is 3.06. The minimum Gasteiger partial charge on any atom is -0.395 e. The fourth-order valence-electron chi connectivity index (χ4n) is 3.98. The van der Waals surface area contributed by atoms with Gasteiger partial charge in [0, 0.05) is 40.7 Å². The van der Waals surface area contributed by atoms with Crippen molar-refractivity contribution in [1.29, 1.82) is 0 Å². The summed E-state index contributed by atoms with van der Waals surface area (Å²) in [4.78, 5) is 29.7. The molecule has 0 aliphatic carbocycles. The molecule has 0 unspecified atom stereocenters. The zero-order valence-electron chi connectivity index (χ0n) is 16.1. The minimum absolute atomic E-state index is 0.0676. The Morgan fingerprint density at radius 1 is 0.828 bits per heavy atom. The van der Waals surface area contributed by atoms with E-state index in [-0.39, 0.29) is 25.0 Å². The van der Waals surface area contributed by atoms with E-state index in [1.165, 1.54) is 4.90 Å². The third-order valence-electron chi connectivity index (χ3n) is 5.32. The van der Waals surface area contributed by atoms with Gasteiger partial charge < -0.3 is 15.1 Å². The quantitative estimate of drug-likeness (QED) is 0.633. The highest BCUT2D eigenvalue weighted by molar-refractivity contribution is 6.36. The van der Waals surface area contributed by atoms with Crippen LogP contribution >= 0.6 is 0 Å². The first-order valence-electron chi connectivity index (χ1n) is 9.55. The molecule has 6 heteroatoms. The number of imide groups is 1. The zero-order valence-corrected chi connectivity index (χ0v) is 16.1. The maximum Gasteiger partial charge on any atom is 0.265 e. The summed E-state index contributed by atoms with van der Waals surface area (Å²) in [5.41, 5.74) is 3.14. The maximum absolute atomic E-state index is 13.3. The van der Waals surface area contributed by atoms with Gasteiger partial charge in [-0.2, -0.15) is 0 Å². The number of anilines is 2. The Labute approximate surface area is 168 Å². The van der Waals surface area contributed by atoms with Crippen molar-refractivity contribution in [3.8, 4) is 0 Å². The number of rotatable bonds is 6. The van der Waals surface area contributed by atoms with Crippen molar-refractivity contribution in [3.05, 3.63) is 71.3 Å². The molecule has 29 heavy (non-hydrogen) atoms. The standard InChI is InChI=1S/C23H22N2O4/c1-15-5-2-3-8-19(15)25-22(28)17-7-4-6-16-20(24(11-13-26)12-14-27)10-9-18(21(16)17)23(25)29/h2-10,26-27H,11-14H2,1H3. The van der Waals surface area contributed by atoms with E-state index in [2.05, 4.69) is 0 Å². The summed E-state index contributed by atoms with van der Waals surface area (Å²) in [5.74, 6) is -0.703. The average molecular weight is 390 g/mol. The first-order chi connectivity index (χ1) is 14.1. The van der Waals surface area contributed by atoms with Crippen LogP contribution in [0.15, 0.2) is 54.6 Å². The molecule has 148 valence electrons. The van der Waals surface area contributed by atoms with Gasteiger partial charge in [0.05, 0.1) is 18.9 Å². The van der Waals surface area contributed by atoms with Gasteiger partial charge in [-0.25, -0.2) is 4.90 Å². The predicted molar refractivity (Wildman–Crippen MR) is 113 cm³/mol. The topological polar surface area (TPSA) is 81.1 Å². The summed E-state index contributed by atoms with van der Waals surface area (Å²) in [6.07, 6.45) is 0. The predicted octanol–water partition coefficient (Wildman–Crippen LogP) is 2.74. The van der Waals surface area contributed by atoms with Gasteiger partial charge in [0.1, 0.15) is 0 Å². The fourth-order valence-corrected chi connectivity index (χ4v) is 3.98. The summed E-state index contributed by atoms with van der Waals surface area (Å²) in [6, 6.07) is 16.3. The summed E-state index contributed by atoms with van der Waals surface area (Å²) in [7, 11) is 0. The number of aryl methyl sites for hydroxylation is 1. The Hall–Kier alpha value is -3.22. The Morgan fingerprint density at radius 2 is 1.48 bits per heavy atom. The minimum atomic E-state index is -0.351. The second-order valence-corrected chi connectivity index (χ2v) is 7.03. The van der Waals surface area contributed by atoms with Gasteiger partial charge in [-0.05, 0) is 36.8 Å². The molecule has 6 nitrogen and oxygen atoms in total. The number of amides is 2. The summed E-state index contributed by atoms with van der Waals surface area (Å²) >= 11 is 0. The third-order valence-corrected chi connectivity index (χ3v) is 5.32. The Kier molecular flexibility index (Phi) is 5.05. The highest BCUT2D eigenvalue weighted by Gasteiger charge is 2.35. The molecule has 3 aromatic rings. The molecular weight excluding hydrogens is 368 g/mol. The molecule has 0 fully saturated rings. The van der Waals surface area contributed by atoms with Gasteiger partial charge in [0.15, 0.2) is 0 Å². The largest absolute Gasteiger partial charge is 0.395 e. The van der Waals surface area contributed by atoms with Crippen LogP contribution in [-0.4, -0.2) is 48.3 Å². The Bertz CT molecular complexity index is 1080. The maximum atomic E-state index is 13.3. The lowest BCUT2D eigenvalue weighted by atomic mass is 9.92. The van der Waals surface area contributed by atoms with Crippen molar-refractivity contribution in [3.63, 3.8) is 0 Å². The molecule has 0 radical (unpaired) electrons. The van der Waals surface area contributed by atoms with E-state index in [0.717, 1.165) is 16.6 Å². The molecule has 1 aliphatic heterocycles. The lowest BCUT2D eigenvalue weighted by Gasteiger charge is -2.30. The molecular formula is C23H22N2O4. The van der Waals surface area contributed by atoms with Crippen LogP contribution in [-0.2, 0) is 0 Å². The number of carbonyl (C=O) groups is 2. The van der Waals surface area contributed by atoms with Crippen molar-refractivity contribution in [2.24, 2.45) is 0 Å². The number of aliphatic hydroxyl groups is 2. The molecule has 0 bridgehead atoms. The molecule has 0 aromatic heterocycles. The number of aliphatic hydroxyl groups excluding tert-OH is 2. The first-order valence-corrected chi connectivity index (χ1v) is 9.55. The molecule has 0 atom stereocenters. The molecule has 4 rings (SSSR count). The summed E-state index contributed by atoms with van der Waals surface area (Å²) in [5, 5.41) is 20.2. The van der Waals surface area contributed by atoms with Crippen molar-refractivity contribution in [2.45, 2.75) is 6.92 Å². The van der Waals surface area contributed by atoms with Gasteiger partial charge in [-0.1, -0.05) is 30.3 Å². The summed E-state index contributed by atoms with van der Waals surface area (Å²) < 4.78 is 0. The number of hydrogen-bond donors (Lipinski definition) is 2. The molecule has 2 N–H and O–H groups in total. The van der Waals surface area contributed by atoms with Crippen LogP contribution in [0.2, 0.25) is 0 Å². The molecule has 0 spiro atoms. The average Bonchev–Trinajstić information content (AvgIpc) is 2.73. The van der Waals surface area contributed by atoms with E-state index < -0.39 is 0 Å². The van der Waals surface area contributed by atoms with Crippen molar-refractivity contribution in [2.75, 3.05) is 36.1 Å². The van der Waals surface area contributed by atoms with E-state index in [9.17, 15) is 19.8 Å². The number of hydrogen-bond acceptors (Lipinski definition) is 5. The van der Waals surface area contributed by atoms with Gasteiger partial charge in [0.2, 0.25) is 0 Å². The van der Waals surface area contributed by atoms with E-state index in [4.69, 9.17) is 0 Å². The van der Waals surface area contributed by atoms with E-state index in [0.29, 0.717) is 35.3 Å². The number of benzene rings is 3. The SMILES string of the molecule is Cc1ccccc1N1C(=O)c2cccc3c(N(CCO)CCO)ccc(c23)C1=O. The smallest absolute Gasteiger partial charge is 0.265 e. The second-order valence-electron chi connectivity index (χ2n) is 7.03. The van der Waals surface area contributed by atoms with Crippen LogP contribution in [0, 0.1) is 6.92 Å². The number of nitrogens with zero attached hydrogens (tertiary/aromatic N) is 2. The monoisotopic (exact) mass is 390 g/mol. The number of carbonyl (C=O) groups excluding carboxylic acids is 2.